The van der Waals surface area contributed by atoms with Crippen LogP contribution in [0, 0.1) is 11.8 Å². The first-order valence-corrected chi connectivity index (χ1v) is 6.06. The quantitative estimate of drug-likeness (QED) is 0.772. The number of nitrogens with zero attached hydrogens (tertiary/aromatic N) is 3. The van der Waals surface area contributed by atoms with Crippen molar-refractivity contribution < 1.29 is 4.79 Å². The van der Waals surface area contributed by atoms with Crippen LogP contribution in [0.3, 0.4) is 0 Å². The zero-order valence-corrected chi connectivity index (χ0v) is 10.4. The maximum atomic E-state index is 10.6. The van der Waals surface area contributed by atoms with Crippen LogP contribution < -0.4 is 10.2 Å². The third-order valence-electron chi connectivity index (χ3n) is 2.69. The van der Waals surface area contributed by atoms with E-state index < -0.39 is 0 Å². The molecule has 1 saturated heterocycles. The van der Waals surface area contributed by atoms with Crippen LogP contribution in [0.15, 0.2) is 12.4 Å². The zero-order chi connectivity index (χ0) is 12.8. The molecule has 2 rings (SSSR count). The standard InChI is InChI=1S/C13H16N4O/c1-11(18)14-6-4-5-12-9-15-13(16-10-12)17-7-2-3-8-17/h9-10H,2-3,6-8H2,1H3,(H,14,18). The second-order valence-corrected chi connectivity index (χ2v) is 4.18. The van der Waals surface area contributed by atoms with Crippen molar-refractivity contribution in [2.24, 2.45) is 0 Å². The highest BCUT2D eigenvalue weighted by Gasteiger charge is 2.13. The lowest BCUT2D eigenvalue weighted by Gasteiger charge is -2.13. The van der Waals surface area contributed by atoms with E-state index in [1.165, 1.54) is 19.8 Å². The van der Waals surface area contributed by atoms with E-state index in [9.17, 15) is 4.79 Å². The fourth-order valence-electron chi connectivity index (χ4n) is 1.78. The average Bonchev–Trinajstić information content (AvgIpc) is 2.89. The summed E-state index contributed by atoms with van der Waals surface area (Å²) in [6.45, 7) is 3.89. The number of hydrogen-bond donors (Lipinski definition) is 1. The van der Waals surface area contributed by atoms with Gasteiger partial charge in [-0.25, -0.2) is 9.97 Å². The lowest BCUT2D eigenvalue weighted by molar-refractivity contribution is -0.118. The minimum Gasteiger partial charge on any atom is -0.345 e. The molecule has 0 spiro atoms. The maximum Gasteiger partial charge on any atom is 0.225 e. The summed E-state index contributed by atoms with van der Waals surface area (Å²) in [5.41, 5.74) is 0.767. The fourth-order valence-corrected chi connectivity index (χ4v) is 1.78. The summed E-state index contributed by atoms with van der Waals surface area (Å²) in [5, 5.41) is 2.61. The Kier molecular flexibility index (Phi) is 4.13. The second kappa shape index (κ2) is 6.01. The molecule has 5 heteroatoms. The summed E-state index contributed by atoms with van der Waals surface area (Å²) < 4.78 is 0. The van der Waals surface area contributed by atoms with Gasteiger partial charge in [0.1, 0.15) is 0 Å². The van der Waals surface area contributed by atoms with Gasteiger partial charge in [0.2, 0.25) is 11.9 Å². The molecule has 0 aliphatic carbocycles. The molecule has 1 aliphatic heterocycles. The highest BCUT2D eigenvalue weighted by atomic mass is 16.1. The molecule has 0 aromatic carbocycles. The second-order valence-electron chi connectivity index (χ2n) is 4.18. The van der Waals surface area contributed by atoms with Crippen LogP contribution in [0.4, 0.5) is 5.95 Å². The van der Waals surface area contributed by atoms with E-state index in [4.69, 9.17) is 0 Å². The van der Waals surface area contributed by atoms with Gasteiger partial charge in [-0.05, 0) is 12.8 Å². The Balaban J connectivity index is 1.92. The van der Waals surface area contributed by atoms with E-state index in [0.29, 0.717) is 6.54 Å². The normalized spacial score (nSPS) is 13.9. The van der Waals surface area contributed by atoms with Crippen molar-refractivity contribution in [3.05, 3.63) is 18.0 Å². The first-order valence-electron chi connectivity index (χ1n) is 6.06. The van der Waals surface area contributed by atoms with Gasteiger partial charge in [0.15, 0.2) is 0 Å². The summed E-state index contributed by atoms with van der Waals surface area (Å²) >= 11 is 0. The average molecular weight is 244 g/mol. The molecule has 2 heterocycles. The van der Waals surface area contributed by atoms with Crippen molar-refractivity contribution in [2.45, 2.75) is 19.8 Å². The predicted octanol–water partition coefficient (Wildman–Crippen LogP) is 0.564. The number of nitrogens with one attached hydrogen (secondary N) is 1. The summed E-state index contributed by atoms with van der Waals surface area (Å²) in [4.78, 5) is 21.4. The molecule has 1 amide bonds. The van der Waals surface area contributed by atoms with E-state index in [1.54, 1.807) is 12.4 Å². The Morgan fingerprint density at radius 3 is 2.67 bits per heavy atom. The highest BCUT2D eigenvalue weighted by Crippen LogP contribution is 2.14. The Morgan fingerprint density at radius 2 is 2.06 bits per heavy atom. The van der Waals surface area contributed by atoms with Gasteiger partial charge in [-0.3, -0.25) is 4.79 Å². The molecule has 1 N–H and O–H groups in total. The van der Waals surface area contributed by atoms with Gasteiger partial charge in [-0.1, -0.05) is 11.8 Å². The Bertz CT molecular complexity index is 466. The van der Waals surface area contributed by atoms with Gasteiger partial charge in [0.25, 0.3) is 0 Å². The molecular formula is C13H16N4O. The summed E-state index contributed by atoms with van der Waals surface area (Å²) in [7, 11) is 0. The van der Waals surface area contributed by atoms with E-state index in [-0.39, 0.29) is 5.91 Å². The smallest absolute Gasteiger partial charge is 0.225 e. The van der Waals surface area contributed by atoms with Gasteiger partial charge < -0.3 is 10.2 Å². The van der Waals surface area contributed by atoms with Crippen LogP contribution in [-0.2, 0) is 4.79 Å². The van der Waals surface area contributed by atoms with Gasteiger partial charge >= 0.3 is 0 Å². The van der Waals surface area contributed by atoms with Crippen LogP contribution in [0.1, 0.15) is 25.3 Å². The molecule has 1 aromatic rings. The number of carbonyl (C=O) groups excluding carboxylic acids is 1. The van der Waals surface area contributed by atoms with Crippen LogP contribution in [0.2, 0.25) is 0 Å². The number of amides is 1. The molecule has 0 bridgehead atoms. The Morgan fingerprint density at radius 1 is 1.39 bits per heavy atom. The monoisotopic (exact) mass is 244 g/mol. The largest absolute Gasteiger partial charge is 0.345 e. The molecule has 1 aliphatic rings. The fraction of sp³-hybridized carbons (Fsp3) is 0.462. The van der Waals surface area contributed by atoms with Crippen LogP contribution in [-0.4, -0.2) is 35.5 Å². The molecule has 0 saturated carbocycles. The van der Waals surface area contributed by atoms with E-state index >= 15 is 0 Å². The number of rotatable bonds is 2. The third kappa shape index (κ3) is 3.45. The van der Waals surface area contributed by atoms with E-state index in [1.807, 2.05) is 0 Å². The van der Waals surface area contributed by atoms with Crippen molar-refractivity contribution in [3.63, 3.8) is 0 Å². The van der Waals surface area contributed by atoms with Gasteiger partial charge in [-0.2, -0.15) is 0 Å². The van der Waals surface area contributed by atoms with Crippen LogP contribution >= 0.6 is 0 Å². The van der Waals surface area contributed by atoms with Crippen molar-refractivity contribution in [1.82, 2.24) is 15.3 Å². The van der Waals surface area contributed by atoms with E-state index in [2.05, 4.69) is 32.0 Å². The number of hydrogen-bond acceptors (Lipinski definition) is 4. The predicted molar refractivity (Wildman–Crippen MR) is 69.0 cm³/mol. The number of carbonyl (C=O) groups is 1. The molecule has 94 valence electrons. The van der Waals surface area contributed by atoms with Crippen LogP contribution in [0.25, 0.3) is 0 Å². The van der Waals surface area contributed by atoms with Crippen molar-refractivity contribution in [3.8, 4) is 11.8 Å². The van der Waals surface area contributed by atoms with Crippen molar-refractivity contribution in [2.75, 3.05) is 24.5 Å². The molecule has 18 heavy (non-hydrogen) atoms. The maximum absolute atomic E-state index is 10.6. The Labute approximate surface area is 107 Å². The minimum atomic E-state index is -0.0788. The summed E-state index contributed by atoms with van der Waals surface area (Å²) in [6, 6.07) is 0. The lowest BCUT2D eigenvalue weighted by Crippen LogP contribution is -2.20. The van der Waals surface area contributed by atoms with Crippen molar-refractivity contribution >= 4 is 11.9 Å². The summed E-state index contributed by atoms with van der Waals surface area (Å²) in [6.07, 6.45) is 5.87. The SMILES string of the molecule is CC(=O)NCC#Cc1cnc(N2CCCC2)nc1. The van der Waals surface area contributed by atoms with Crippen molar-refractivity contribution in [1.29, 1.82) is 0 Å². The zero-order valence-electron chi connectivity index (χ0n) is 10.4. The molecule has 0 unspecified atom stereocenters. The molecule has 5 nitrogen and oxygen atoms in total. The third-order valence-corrected chi connectivity index (χ3v) is 2.69. The van der Waals surface area contributed by atoms with E-state index in [0.717, 1.165) is 24.6 Å². The topological polar surface area (TPSA) is 58.1 Å². The first kappa shape index (κ1) is 12.4. The molecular weight excluding hydrogens is 228 g/mol. The summed E-state index contributed by atoms with van der Waals surface area (Å²) in [5.74, 6) is 6.45. The molecule has 0 radical (unpaired) electrons. The highest BCUT2D eigenvalue weighted by molar-refractivity contribution is 5.73. The van der Waals surface area contributed by atoms with Gasteiger partial charge in [-0.15, -0.1) is 0 Å². The number of anilines is 1. The Hall–Kier alpha value is -2.09. The van der Waals surface area contributed by atoms with Gasteiger partial charge in [0.05, 0.1) is 12.1 Å². The van der Waals surface area contributed by atoms with Gasteiger partial charge in [0, 0.05) is 32.4 Å². The number of aromatic nitrogens is 2. The first-order chi connectivity index (χ1) is 8.75. The molecule has 1 fully saturated rings. The molecule has 1 aromatic heterocycles. The molecule has 0 atom stereocenters. The lowest BCUT2D eigenvalue weighted by atomic mass is 10.3. The van der Waals surface area contributed by atoms with Crippen LogP contribution in [0.5, 0.6) is 0 Å². The minimum absolute atomic E-state index is 0.0788.